The summed E-state index contributed by atoms with van der Waals surface area (Å²) in [6, 6.07) is 7.55. The third kappa shape index (κ3) is 5.88. The standard InChI is InChI=1S/C23H34ClN5O3S/c1-4-7-12-26(6-3)23(30)21-18-28(11-5-2)25-22(21)33(31,32)29-15-13-27(14-16-29)20-10-8-9-19(24)17-20/h8-10,17-18H,4-7,11-16H2,1-3H3. The Balaban J connectivity index is 1.84. The fourth-order valence-electron chi connectivity index (χ4n) is 3.99. The molecule has 2 aromatic rings. The van der Waals surface area contributed by atoms with Crippen molar-refractivity contribution < 1.29 is 13.2 Å². The minimum absolute atomic E-state index is 0.132. The van der Waals surface area contributed by atoms with Crippen molar-refractivity contribution in [3.05, 3.63) is 41.0 Å². The molecule has 0 unspecified atom stereocenters. The van der Waals surface area contributed by atoms with Gasteiger partial charge in [-0.1, -0.05) is 37.9 Å². The molecule has 0 radical (unpaired) electrons. The van der Waals surface area contributed by atoms with Crippen molar-refractivity contribution in [1.82, 2.24) is 19.0 Å². The molecule has 10 heteroatoms. The molecule has 0 spiro atoms. The normalized spacial score (nSPS) is 15.1. The van der Waals surface area contributed by atoms with Gasteiger partial charge in [0.25, 0.3) is 15.9 Å². The molecule has 1 amide bonds. The molecular formula is C23H34ClN5O3S. The monoisotopic (exact) mass is 495 g/mol. The van der Waals surface area contributed by atoms with E-state index in [1.165, 1.54) is 4.31 Å². The molecule has 1 aliphatic rings. The van der Waals surface area contributed by atoms with Gasteiger partial charge in [0.15, 0.2) is 0 Å². The van der Waals surface area contributed by atoms with Crippen LogP contribution in [0, 0.1) is 0 Å². The fourth-order valence-corrected chi connectivity index (χ4v) is 5.69. The van der Waals surface area contributed by atoms with Crippen LogP contribution in [-0.4, -0.2) is 72.6 Å². The number of nitrogens with zero attached hydrogens (tertiary/aromatic N) is 5. The number of rotatable bonds is 10. The van der Waals surface area contributed by atoms with Crippen LogP contribution in [0.15, 0.2) is 35.5 Å². The molecular weight excluding hydrogens is 462 g/mol. The molecule has 2 heterocycles. The van der Waals surface area contributed by atoms with Gasteiger partial charge >= 0.3 is 0 Å². The molecule has 3 rings (SSSR count). The van der Waals surface area contributed by atoms with E-state index in [2.05, 4.69) is 16.9 Å². The average molecular weight is 496 g/mol. The van der Waals surface area contributed by atoms with E-state index in [4.69, 9.17) is 11.6 Å². The SMILES string of the molecule is CCCCN(CC)C(=O)c1cn(CCC)nc1S(=O)(=O)N1CCN(c2cccc(Cl)c2)CC1. The van der Waals surface area contributed by atoms with E-state index in [9.17, 15) is 13.2 Å². The van der Waals surface area contributed by atoms with E-state index >= 15 is 0 Å². The molecule has 1 aliphatic heterocycles. The van der Waals surface area contributed by atoms with E-state index in [-0.39, 0.29) is 16.5 Å². The van der Waals surface area contributed by atoms with Gasteiger partial charge in [-0.2, -0.15) is 9.40 Å². The number of anilines is 1. The summed E-state index contributed by atoms with van der Waals surface area (Å²) in [6.45, 7) is 9.35. The number of piperazine rings is 1. The summed E-state index contributed by atoms with van der Waals surface area (Å²) >= 11 is 6.11. The molecule has 33 heavy (non-hydrogen) atoms. The summed E-state index contributed by atoms with van der Waals surface area (Å²) in [7, 11) is -3.91. The van der Waals surface area contributed by atoms with Crippen molar-refractivity contribution in [2.45, 2.75) is 51.6 Å². The van der Waals surface area contributed by atoms with Crippen LogP contribution in [0.1, 0.15) is 50.4 Å². The fraction of sp³-hybridized carbons (Fsp3) is 0.565. The lowest BCUT2D eigenvalue weighted by Gasteiger charge is -2.35. The second-order valence-electron chi connectivity index (χ2n) is 8.22. The first-order chi connectivity index (χ1) is 15.8. The largest absolute Gasteiger partial charge is 0.369 e. The molecule has 1 saturated heterocycles. The Morgan fingerprint density at radius 3 is 2.45 bits per heavy atom. The molecule has 0 bridgehead atoms. The lowest BCUT2D eigenvalue weighted by molar-refractivity contribution is 0.0758. The van der Waals surface area contributed by atoms with Gasteiger partial charge in [0, 0.05) is 62.7 Å². The summed E-state index contributed by atoms with van der Waals surface area (Å²) in [5.41, 5.74) is 1.14. The molecule has 1 fully saturated rings. The van der Waals surface area contributed by atoms with Crippen LogP contribution in [0.5, 0.6) is 0 Å². The Hall–Kier alpha value is -2.10. The lowest BCUT2D eigenvalue weighted by atomic mass is 10.2. The van der Waals surface area contributed by atoms with Gasteiger partial charge < -0.3 is 9.80 Å². The predicted octanol–water partition coefficient (Wildman–Crippen LogP) is 3.72. The smallest absolute Gasteiger partial charge is 0.263 e. The van der Waals surface area contributed by atoms with Gasteiger partial charge in [-0.15, -0.1) is 0 Å². The zero-order chi connectivity index (χ0) is 24.0. The molecule has 1 aromatic carbocycles. The van der Waals surface area contributed by atoms with Gasteiger partial charge in [0.05, 0.1) is 5.56 Å². The van der Waals surface area contributed by atoms with Crippen LogP contribution in [0.25, 0.3) is 0 Å². The number of unbranched alkanes of at least 4 members (excludes halogenated alkanes) is 1. The van der Waals surface area contributed by atoms with E-state index in [1.54, 1.807) is 15.8 Å². The first-order valence-corrected chi connectivity index (χ1v) is 13.5. The topological polar surface area (TPSA) is 78.8 Å². The Morgan fingerprint density at radius 1 is 1.12 bits per heavy atom. The Morgan fingerprint density at radius 2 is 1.85 bits per heavy atom. The van der Waals surface area contributed by atoms with Crippen LogP contribution >= 0.6 is 11.6 Å². The van der Waals surface area contributed by atoms with Crippen LogP contribution < -0.4 is 4.90 Å². The van der Waals surface area contributed by atoms with Crippen molar-refractivity contribution in [3.8, 4) is 0 Å². The zero-order valence-electron chi connectivity index (χ0n) is 19.7. The minimum Gasteiger partial charge on any atom is -0.369 e. The van der Waals surface area contributed by atoms with Gasteiger partial charge in [-0.3, -0.25) is 9.48 Å². The molecule has 1 aromatic heterocycles. The number of carbonyl (C=O) groups excluding carboxylic acids is 1. The van der Waals surface area contributed by atoms with Crippen molar-refractivity contribution in [3.63, 3.8) is 0 Å². The maximum absolute atomic E-state index is 13.6. The number of amides is 1. The zero-order valence-corrected chi connectivity index (χ0v) is 21.3. The van der Waals surface area contributed by atoms with Crippen molar-refractivity contribution in [1.29, 1.82) is 0 Å². The second kappa shape index (κ2) is 11.4. The number of halogens is 1. The minimum atomic E-state index is -3.91. The highest BCUT2D eigenvalue weighted by Gasteiger charge is 2.35. The summed E-state index contributed by atoms with van der Waals surface area (Å²) < 4.78 is 30.2. The van der Waals surface area contributed by atoms with Crippen molar-refractivity contribution >= 4 is 33.2 Å². The first kappa shape index (κ1) is 25.5. The number of hydrogen-bond donors (Lipinski definition) is 0. The number of hydrogen-bond acceptors (Lipinski definition) is 5. The number of aryl methyl sites for hydroxylation is 1. The van der Waals surface area contributed by atoms with Gasteiger partial charge in [0.2, 0.25) is 5.03 Å². The third-order valence-corrected chi connectivity index (χ3v) is 7.93. The second-order valence-corrected chi connectivity index (χ2v) is 10.5. The summed E-state index contributed by atoms with van der Waals surface area (Å²) in [5.74, 6) is -0.274. The molecule has 0 aliphatic carbocycles. The third-order valence-electron chi connectivity index (χ3n) is 5.86. The van der Waals surface area contributed by atoms with Crippen LogP contribution in [0.3, 0.4) is 0 Å². The molecule has 8 nitrogen and oxygen atoms in total. The summed E-state index contributed by atoms with van der Waals surface area (Å²) in [4.78, 5) is 17.1. The van der Waals surface area contributed by atoms with Crippen LogP contribution in [0.4, 0.5) is 5.69 Å². The van der Waals surface area contributed by atoms with Gasteiger partial charge in [-0.25, -0.2) is 8.42 Å². The highest BCUT2D eigenvalue weighted by Crippen LogP contribution is 2.25. The molecule has 182 valence electrons. The number of aromatic nitrogens is 2. The van der Waals surface area contributed by atoms with E-state index in [0.29, 0.717) is 50.8 Å². The number of carbonyl (C=O) groups is 1. The highest BCUT2D eigenvalue weighted by molar-refractivity contribution is 7.89. The van der Waals surface area contributed by atoms with E-state index in [0.717, 1.165) is 24.9 Å². The Bertz CT molecular complexity index is 1050. The summed E-state index contributed by atoms with van der Waals surface area (Å²) in [6.07, 6.45) is 4.22. The van der Waals surface area contributed by atoms with Gasteiger partial charge in [-0.05, 0) is 38.0 Å². The molecule has 0 atom stereocenters. The summed E-state index contributed by atoms with van der Waals surface area (Å²) in [5, 5.41) is 4.88. The number of sulfonamides is 1. The predicted molar refractivity (Wildman–Crippen MR) is 131 cm³/mol. The Kier molecular flexibility index (Phi) is 8.78. The molecule has 0 saturated carbocycles. The van der Waals surface area contributed by atoms with Gasteiger partial charge in [0.1, 0.15) is 0 Å². The van der Waals surface area contributed by atoms with Crippen LogP contribution in [0.2, 0.25) is 5.02 Å². The maximum atomic E-state index is 13.6. The highest BCUT2D eigenvalue weighted by atomic mass is 35.5. The van der Waals surface area contributed by atoms with Crippen molar-refractivity contribution in [2.24, 2.45) is 0 Å². The molecule has 0 N–H and O–H groups in total. The van der Waals surface area contributed by atoms with Crippen LogP contribution in [-0.2, 0) is 16.6 Å². The van der Waals surface area contributed by atoms with E-state index in [1.807, 2.05) is 38.1 Å². The first-order valence-electron chi connectivity index (χ1n) is 11.7. The van der Waals surface area contributed by atoms with Crippen molar-refractivity contribution in [2.75, 3.05) is 44.2 Å². The van der Waals surface area contributed by atoms with E-state index < -0.39 is 10.0 Å². The lowest BCUT2D eigenvalue weighted by Crippen LogP contribution is -2.49. The quantitative estimate of drug-likeness (QED) is 0.502. The Labute approximate surface area is 202 Å². The number of benzene rings is 1. The average Bonchev–Trinajstić information content (AvgIpc) is 3.24. The maximum Gasteiger partial charge on any atom is 0.263 e.